The summed E-state index contributed by atoms with van der Waals surface area (Å²) in [4.78, 5) is 12.0. The van der Waals surface area contributed by atoms with Crippen LogP contribution in [0.2, 0.25) is 0 Å². The smallest absolute Gasteiger partial charge is 0.417 e. The minimum absolute atomic E-state index is 0.243. The summed E-state index contributed by atoms with van der Waals surface area (Å²) in [6.45, 7) is 0. The number of benzene rings is 2. The first-order valence-electron chi connectivity index (χ1n) is 10.2. The fraction of sp³-hybridized carbons (Fsp3) is 0.458. The van der Waals surface area contributed by atoms with Gasteiger partial charge in [0.25, 0.3) is 0 Å². The first kappa shape index (κ1) is 20.9. The molecule has 0 amide bonds. The Morgan fingerprint density at radius 1 is 1.17 bits per heavy atom. The lowest BCUT2D eigenvalue weighted by atomic mass is 9.52. The van der Waals surface area contributed by atoms with E-state index in [1.54, 1.807) is 6.07 Å². The molecule has 2 aromatic rings. The van der Waals surface area contributed by atoms with Crippen LogP contribution in [-0.2, 0) is 23.0 Å². The predicted molar refractivity (Wildman–Crippen MR) is 106 cm³/mol. The molecule has 1 saturated carbocycles. The highest BCUT2D eigenvalue weighted by molar-refractivity contribution is 5.89. The number of rotatable bonds is 3. The number of fused-ring (bicyclic) bond motifs is 3. The highest BCUT2D eigenvalue weighted by Crippen LogP contribution is 2.57. The third kappa shape index (κ3) is 3.41. The Hall–Kier alpha value is -2.34. The minimum Gasteiger partial charge on any atom is -0.465 e. The summed E-state index contributed by atoms with van der Waals surface area (Å²) in [5.74, 6) is -0.721. The molecule has 2 aliphatic carbocycles. The monoisotopic (exact) mass is 418 g/mol. The van der Waals surface area contributed by atoms with Crippen molar-refractivity contribution in [1.82, 2.24) is 0 Å². The Balaban J connectivity index is 1.79. The maximum atomic E-state index is 13.6. The fourth-order valence-electron chi connectivity index (χ4n) is 5.48. The second-order valence-electron chi connectivity index (χ2n) is 8.65. The number of hydrogen-bond acceptors (Lipinski definition) is 3. The van der Waals surface area contributed by atoms with Gasteiger partial charge in [-0.1, -0.05) is 36.4 Å². The maximum Gasteiger partial charge on any atom is 0.417 e. The van der Waals surface area contributed by atoms with Gasteiger partial charge in [0.1, 0.15) is 0 Å². The molecule has 0 saturated heterocycles. The molecule has 1 unspecified atom stereocenters. The van der Waals surface area contributed by atoms with E-state index < -0.39 is 23.2 Å². The van der Waals surface area contributed by atoms with Gasteiger partial charge < -0.3 is 9.84 Å². The molecule has 0 bridgehead atoms. The van der Waals surface area contributed by atoms with Crippen molar-refractivity contribution in [2.45, 2.75) is 55.7 Å². The summed E-state index contributed by atoms with van der Waals surface area (Å²) in [5.41, 5.74) is 0.363. The van der Waals surface area contributed by atoms with Crippen molar-refractivity contribution in [3.05, 3.63) is 70.8 Å². The molecule has 4 rings (SSSR count). The number of halogens is 3. The van der Waals surface area contributed by atoms with Crippen LogP contribution in [0.15, 0.2) is 48.5 Å². The van der Waals surface area contributed by atoms with Gasteiger partial charge >= 0.3 is 12.1 Å². The summed E-state index contributed by atoms with van der Waals surface area (Å²) in [7, 11) is 1.33. The summed E-state index contributed by atoms with van der Waals surface area (Å²) in [5, 5.41) is 10.4. The number of methoxy groups -OCH3 is 1. The zero-order valence-electron chi connectivity index (χ0n) is 16.8. The lowest BCUT2D eigenvalue weighted by Crippen LogP contribution is -2.56. The molecule has 30 heavy (non-hydrogen) atoms. The van der Waals surface area contributed by atoms with Gasteiger partial charge in [0.05, 0.1) is 12.7 Å². The molecule has 3 nitrogen and oxygen atoms in total. The Morgan fingerprint density at radius 2 is 1.90 bits per heavy atom. The summed E-state index contributed by atoms with van der Waals surface area (Å²) >= 11 is 0. The summed E-state index contributed by atoms with van der Waals surface area (Å²) in [6.07, 6.45) is -3.28. The van der Waals surface area contributed by atoms with Crippen LogP contribution >= 0.6 is 0 Å². The van der Waals surface area contributed by atoms with E-state index in [0.29, 0.717) is 24.8 Å². The van der Waals surface area contributed by atoms with E-state index in [-0.39, 0.29) is 25.2 Å². The average Bonchev–Trinajstić information content (AvgIpc) is 2.73. The topological polar surface area (TPSA) is 46.5 Å². The lowest BCUT2D eigenvalue weighted by Gasteiger charge is -2.53. The van der Waals surface area contributed by atoms with Gasteiger partial charge in [0, 0.05) is 5.41 Å². The molecule has 1 fully saturated rings. The van der Waals surface area contributed by atoms with Crippen molar-refractivity contribution in [2.75, 3.05) is 7.11 Å². The molecule has 0 spiro atoms. The zero-order valence-corrected chi connectivity index (χ0v) is 16.8. The van der Waals surface area contributed by atoms with Gasteiger partial charge in [-0.15, -0.1) is 0 Å². The number of ether oxygens (including phenoxy) is 1. The molecule has 3 atom stereocenters. The first-order valence-corrected chi connectivity index (χ1v) is 10.2. The molecular formula is C24H25F3O3. The van der Waals surface area contributed by atoms with Crippen LogP contribution in [0.1, 0.15) is 52.7 Å². The molecule has 0 aliphatic heterocycles. The average molecular weight is 418 g/mol. The number of esters is 1. The minimum atomic E-state index is -4.64. The van der Waals surface area contributed by atoms with Crippen molar-refractivity contribution < 1.29 is 27.8 Å². The molecule has 2 aliphatic rings. The Labute approximate surface area is 173 Å². The van der Waals surface area contributed by atoms with Crippen molar-refractivity contribution in [3.63, 3.8) is 0 Å². The van der Waals surface area contributed by atoms with Gasteiger partial charge in [-0.05, 0) is 73.3 Å². The molecule has 2 aromatic carbocycles. The van der Waals surface area contributed by atoms with E-state index in [0.717, 1.165) is 16.7 Å². The van der Waals surface area contributed by atoms with Crippen LogP contribution in [0.3, 0.4) is 0 Å². The highest BCUT2D eigenvalue weighted by atomic mass is 19.4. The van der Waals surface area contributed by atoms with E-state index in [4.69, 9.17) is 4.74 Å². The first-order chi connectivity index (χ1) is 14.2. The van der Waals surface area contributed by atoms with Crippen molar-refractivity contribution in [1.29, 1.82) is 0 Å². The van der Waals surface area contributed by atoms with Gasteiger partial charge in [-0.3, -0.25) is 0 Å². The predicted octanol–water partition coefficient (Wildman–Crippen LogP) is 4.99. The zero-order chi connectivity index (χ0) is 21.6. The third-order valence-corrected chi connectivity index (χ3v) is 7.07. The molecule has 0 heterocycles. The second-order valence-corrected chi connectivity index (χ2v) is 8.65. The fourth-order valence-corrected chi connectivity index (χ4v) is 5.48. The SMILES string of the molecule is COC(=O)c1ccc2c(c1)CC[C@H]1CC(O)(C(F)(F)F)CC[C@@]21Cc1ccccc1. The van der Waals surface area contributed by atoms with Crippen LogP contribution < -0.4 is 0 Å². The van der Waals surface area contributed by atoms with Crippen LogP contribution in [0, 0.1) is 5.92 Å². The molecule has 0 aromatic heterocycles. The number of carbonyl (C=O) groups excluding carboxylic acids is 1. The maximum absolute atomic E-state index is 13.6. The largest absolute Gasteiger partial charge is 0.465 e. The molecule has 1 N–H and O–H groups in total. The van der Waals surface area contributed by atoms with E-state index in [2.05, 4.69) is 0 Å². The number of aryl methyl sites for hydroxylation is 1. The lowest BCUT2D eigenvalue weighted by molar-refractivity contribution is -0.279. The Morgan fingerprint density at radius 3 is 2.57 bits per heavy atom. The summed E-state index contributed by atoms with van der Waals surface area (Å²) < 4.78 is 45.7. The van der Waals surface area contributed by atoms with Gasteiger partial charge in [0.15, 0.2) is 5.60 Å². The number of alkyl halides is 3. The van der Waals surface area contributed by atoms with E-state index >= 15 is 0 Å². The van der Waals surface area contributed by atoms with Gasteiger partial charge in [-0.2, -0.15) is 13.2 Å². The van der Waals surface area contributed by atoms with Crippen molar-refractivity contribution in [3.8, 4) is 0 Å². The quantitative estimate of drug-likeness (QED) is 0.714. The third-order valence-electron chi connectivity index (χ3n) is 7.07. The normalized spacial score (nSPS) is 28.4. The number of hydrogen-bond donors (Lipinski definition) is 1. The molecule has 160 valence electrons. The van der Waals surface area contributed by atoms with Crippen LogP contribution in [0.4, 0.5) is 13.2 Å². The second kappa shape index (κ2) is 7.41. The summed E-state index contributed by atoms with van der Waals surface area (Å²) in [6, 6.07) is 15.2. The van der Waals surface area contributed by atoms with Crippen molar-refractivity contribution >= 4 is 5.97 Å². The van der Waals surface area contributed by atoms with Gasteiger partial charge in [-0.25, -0.2) is 4.79 Å². The molecule has 0 radical (unpaired) electrons. The Bertz CT molecular complexity index is 940. The van der Waals surface area contributed by atoms with Crippen LogP contribution in [-0.4, -0.2) is 30.0 Å². The van der Waals surface area contributed by atoms with E-state index in [9.17, 15) is 23.1 Å². The van der Waals surface area contributed by atoms with Gasteiger partial charge in [0.2, 0.25) is 0 Å². The molecular weight excluding hydrogens is 393 g/mol. The van der Waals surface area contributed by atoms with Crippen LogP contribution in [0.5, 0.6) is 0 Å². The number of carbonyl (C=O) groups is 1. The van der Waals surface area contributed by atoms with Crippen molar-refractivity contribution in [2.24, 2.45) is 5.92 Å². The highest BCUT2D eigenvalue weighted by Gasteiger charge is 2.61. The standard InChI is InChI=1S/C24H25F3O3/c1-30-21(28)18-8-10-20-17(13-18)7-9-19-15-23(29,24(25,26)27)12-11-22(19,20)14-16-5-3-2-4-6-16/h2-6,8,10,13,19,29H,7,9,11-12,14-15H2,1H3/t19-,22-,23?/m0/s1. The van der Waals surface area contributed by atoms with Crippen LogP contribution in [0.25, 0.3) is 0 Å². The van der Waals surface area contributed by atoms with E-state index in [1.807, 2.05) is 42.5 Å². The van der Waals surface area contributed by atoms with E-state index in [1.165, 1.54) is 7.11 Å². The number of aliphatic hydroxyl groups is 1. The molecule has 6 heteroatoms. The Kier molecular flexibility index (Phi) is 5.17.